The van der Waals surface area contributed by atoms with Crippen LogP contribution in [-0.2, 0) is 6.42 Å². The molecule has 0 aliphatic carbocycles. The summed E-state index contributed by atoms with van der Waals surface area (Å²) in [6.07, 6.45) is 2.10. The summed E-state index contributed by atoms with van der Waals surface area (Å²) in [5, 5.41) is 10.9. The Kier molecular flexibility index (Phi) is 2.45. The van der Waals surface area contributed by atoms with Crippen molar-refractivity contribution in [2.75, 3.05) is 4.90 Å². The molecule has 0 unspecified atom stereocenters. The molecule has 0 saturated heterocycles. The molecular formula is C16H14N2O3. The average molecular weight is 282 g/mol. The second kappa shape index (κ2) is 4.22. The topological polar surface area (TPSA) is 55.6 Å². The summed E-state index contributed by atoms with van der Waals surface area (Å²) in [7, 11) is 0. The Morgan fingerprint density at radius 2 is 2.14 bits per heavy atom. The molecule has 0 bridgehead atoms. The van der Waals surface area contributed by atoms with Crippen molar-refractivity contribution >= 4 is 17.1 Å². The summed E-state index contributed by atoms with van der Waals surface area (Å²) in [5.74, 6) is 1.34. The van der Waals surface area contributed by atoms with Crippen molar-refractivity contribution in [2.45, 2.75) is 25.8 Å². The molecule has 106 valence electrons. The van der Waals surface area contributed by atoms with Gasteiger partial charge in [0.15, 0.2) is 11.5 Å². The van der Waals surface area contributed by atoms with Gasteiger partial charge in [-0.3, -0.25) is 10.1 Å². The van der Waals surface area contributed by atoms with Crippen molar-refractivity contribution in [1.29, 1.82) is 0 Å². The summed E-state index contributed by atoms with van der Waals surface area (Å²) in [6, 6.07) is 11.2. The van der Waals surface area contributed by atoms with Gasteiger partial charge < -0.3 is 9.64 Å². The molecule has 1 atom stereocenters. The number of hydrogen-bond acceptors (Lipinski definition) is 4. The van der Waals surface area contributed by atoms with E-state index in [1.54, 1.807) is 6.07 Å². The number of rotatable bonds is 1. The molecule has 0 radical (unpaired) electrons. The van der Waals surface area contributed by atoms with Crippen LogP contribution >= 0.6 is 0 Å². The molecule has 5 nitrogen and oxygen atoms in total. The van der Waals surface area contributed by atoms with E-state index in [1.807, 2.05) is 12.1 Å². The van der Waals surface area contributed by atoms with Crippen LogP contribution in [-0.4, -0.2) is 11.0 Å². The van der Waals surface area contributed by atoms with E-state index < -0.39 is 4.92 Å². The van der Waals surface area contributed by atoms with Gasteiger partial charge in [0.1, 0.15) is 0 Å². The number of anilines is 2. The number of fused-ring (bicyclic) bond motifs is 2. The number of nitrogens with zero attached hydrogens (tertiary/aromatic N) is 2. The van der Waals surface area contributed by atoms with E-state index in [4.69, 9.17) is 4.74 Å². The van der Waals surface area contributed by atoms with Crippen LogP contribution in [0.3, 0.4) is 0 Å². The lowest BCUT2D eigenvalue weighted by molar-refractivity contribution is -0.384. The molecule has 0 saturated carbocycles. The highest BCUT2D eigenvalue weighted by Gasteiger charge is 2.33. The Morgan fingerprint density at radius 1 is 1.29 bits per heavy atom. The van der Waals surface area contributed by atoms with Crippen LogP contribution in [0.15, 0.2) is 36.4 Å². The minimum Gasteiger partial charge on any atom is -0.453 e. The first-order valence-electron chi connectivity index (χ1n) is 7.02. The maximum atomic E-state index is 10.9. The lowest BCUT2D eigenvalue weighted by Gasteiger charge is -2.41. The smallest absolute Gasteiger partial charge is 0.273 e. The molecule has 0 amide bonds. The van der Waals surface area contributed by atoms with E-state index in [1.165, 1.54) is 17.7 Å². The third-order valence-corrected chi connectivity index (χ3v) is 4.23. The van der Waals surface area contributed by atoms with Crippen LogP contribution in [0.1, 0.15) is 18.9 Å². The summed E-state index contributed by atoms with van der Waals surface area (Å²) < 4.78 is 5.92. The van der Waals surface area contributed by atoms with Crippen molar-refractivity contribution in [3.8, 4) is 11.5 Å². The van der Waals surface area contributed by atoms with Gasteiger partial charge in [-0.1, -0.05) is 12.1 Å². The minimum absolute atomic E-state index is 0.0537. The zero-order valence-electron chi connectivity index (χ0n) is 11.6. The predicted octanol–water partition coefficient (Wildman–Crippen LogP) is 4.17. The van der Waals surface area contributed by atoms with Crippen LogP contribution in [0.2, 0.25) is 0 Å². The number of nitro groups is 1. The third-order valence-electron chi connectivity index (χ3n) is 4.23. The van der Waals surface area contributed by atoms with Gasteiger partial charge in [-0.15, -0.1) is 0 Å². The zero-order chi connectivity index (χ0) is 14.6. The SMILES string of the molecule is C[C@@H]1CCc2cccc3c2N1c1ccc([N+](=O)[O-])cc1O3. The fourth-order valence-electron chi connectivity index (χ4n) is 3.21. The minimum atomic E-state index is -0.394. The lowest BCUT2D eigenvalue weighted by atomic mass is 9.94. The monoisotopic (exact) mass is 282 g/mol. The fraction of sp³-hybridized carbons (Fsp3) is 0.250. The van der Waals surface area contributed by atoms with Crippen LogP contribution in [0.4, 0.5) is 17.1 Å². The lowest BCUT2D eigenvalue weighted by Crippen LogP contribution is -2.35. The first-order chi connectivity index (χ1) is 10.1. The number of para-hydroxylation sites is 1. The molecule has 4 rings (SSSR count). The highest BCUT2D eigenvalue weighted by atomic mass is 16.6. The van der Waals surface area contributed by atoms with E-state index in [0.29, 0.717) is 11.8 Å². The van der Waals surface area contributed by atoms with E-state index >= 15 is 0 Å². The summed E-state index contributed by atoms with van der Waals surface area (Å²) in [6.45, 7) is 2.18. The number of ether oxygens (including phenoxy) is 1. The molecule has 2 aliphatic rings. The average Bonchev–Trinajstić information content (AvgIpc) is 2.49. The second-order valence-corrected chi connectivity index (χ2v) is 5.53. The Morgan fingerprint density at radius 3 is 2.95 bits per heavy atom. The largest absolute Gasteiger partial charge is 0.453 e. The molecule has 2 aromatic carbocycles. The Bertz CT molecular complexity index is 757. The van der Waals surface area contributed by atoms with E-state index in [0.717, 1.165) is 30.0 Å². The van der Waals surface area contributed by atoms with Gasteiger partial charge in [-0.05, 0) is 37.5 Å². The normalized spacial score (nSPS) is 18.5. The maximum absolute atomic E-state index is 10.9. The zero-order valence-corrected chi connectivity index (χ0v) is 11.6. The van der Waals surface area contributed by atoms with Gasteiger partial charge in [0, 0.05) is 12.1 Å². The van der Waals surface area contributed by atoms with E-state index in [9.17, 15) is 10.1 Å². The third kappa shape index (κ3) is 1.70. The van der Waals surface area contributed by atoms with Crippen molar-refractivity contribution < 1.29 is 9.66 Å². The van der Waals surface area contributed by atoms with Crippen LogP contribution in [0.5, 0.6) is 11.5 Å². The van der Waals surface area contributed by atoms with Gasteiger partial charge >= 0.3 is 0 Å². The summed E-state index contributed by atoms with van der Waals surface area (Å²) in [4.78, 5) is 12.8. The molecular weight excluding hydrogens is 268 g/mol. The van der Waals surface area contributed by atoms with Crippen molar-refractivity contribution in [3.63, 3.8) is 0 Å². The Hall–Kier alpha value is -2.56. The van der Waals surface area contributed by atoms with Gasteiger partial charge in [0.2, 0.25) is 0 Å². The summed E-state index contributed by atoms with van der Waals surface area (Å²) >= 11 is 0. The molecule has 21 heavy (non-hydrogen) atoms. The molecule has 2 aromatic rings. The maximum Gasteiger partial charge on any atom is 0.273 e. The van der Waals surface area contributed by atoms with Crippen molar-refractivity contribution in [3.05, 3.63) is 52.1 Å². The number of aryl methyl sites for hydroxylation is 1. The van der Waals surface area contributed by atoms with Crippen molar-refractivity contribution in [1.82, 2.24) is 0 Å². The first kappa shape index (κ1) is 12.2. The number of non-ortho nitro benzene ring substituents is 1. The molecule has 0 aromatic heterocycles. The standard InChI is InChI=1S/C16H14N2O3/c1-10-5-6-11-3-2-4-14-16(11)17(10)13-8-7-12(18(19)20)9-15(13)21-14/h2-4,7-10H,5-6H2,1H3/t10-/m1/s1. The molecule has 5 heteroatoms. The summed E-state index contributed by atoms with van der Waals surface area (Å²) in [5.41, 5.74) is 3.35. The highest BCUT2D eigenvalue weighted by molar-refractivity contribution is 5.82. The fourth-order valence-corrected chi connectivity index (χ4v) is 3.21. The van der Waals surface area contributed by atoms with Crippen LogP contribution in [0.25, 0.3) is 0 Å². The number of nitro benzene ring substituents is 1. The molecule has 2 heterocycles. The number of hydrogen-bond donors (Lipinski definition) is 0. The van der Waals surface area contributed by atoms with Gasteiger partial charge in [0.25, 0.3) is 5.69 Å². The Labute approximate surface area is 121 Å². The second-order valence-electron chi connectivity index (χ2n) is 5.53. The van der Waals surface area contributed by atoms with E-state index in [2.05, 4.69) is 17.9 Å². The predicted molar refractivity (Wildman–Crippen MR) is 79.5 cm³/mol. The quantitative estimate of drug-likeness (QED) is 0.581. The molecule has 2 aliphatic heterocycles. The van der Waals surface area contributed by atoms with E-state index in [-0.39, 0.29) is 5.69 Å². The van der Waals surface area contributed by atoms with Gasteiger partial charge in [0.05, 0.1) is 22.4 Å². The number of benzene rings is 2. The first-order valence-corrected chi connectivity index (χ1v) is 7.02. The van der Waals surface area contributed by atoms with Crippen molar-refractivity contribution in [2.24, 2.45) is 0 Å². The van der Waals surface area contributed by atoms with Gasteiger partial charge in [-0.25, -0.2) is 0 Å². The molecule has 0 spiro atoms. The Balaban J connectivity index is 1.93. The van der Waals surface area contributed by atoms with Crippen LogP contribution < -0.4 is 9.64 Å². The highest BCUT2D eigenvalue weighted by Crippen LogP contribution is 2.52. The molecule has 0 N–H and O–H groups in total. The molecule has 0 fully saturated rings. The van der Waals surface area contributed by atoms with Gasteiger partial charge in [-0.2, -0.15) is 0 Å². The van der Waals surface area contributed by atoms with Crippen LogP contribution in [0, 0.1) is 10.1 Å².